The average molecular weight is 373 g/mol. The molecule has 5 heteroatoms. The van der Waals surface area contributed by atoms with E-state index in [1.165, 1.54) is 0 Å². The van der Waals surface area contributed by atoms with Crippen molar-refractivity contribution in [3.63, 3.8) is 0 Å². The summed E-state index contributed by atoms with van der Waals surface area (Å²) < 4.78 is 16.7. The van der Waals surface area contributed by atoms with Gasteiger partial charge >= 0.3 is 0 Å². The molecule has 0 radical (unpaired) electrons. The normalized spacial score (nSPS) is 12.7. The summed E-state index contributed by atoms with van der Waals surface area (Å²) in [6.07, 6.45) is 5.07. The Balaban J connectivity index is 1.37. The minimum atomic E-state index is -0.0903. The smallest absolute Gasteiger partial charge is 0.185 e. The quantitative estimate of drug-likeness (QED) is 0.476. The van der Waals surface area contributed by atoms with Crippen LogP contribution in [-0.2, 0) is 6.61 Å². The number of carbonyl (C=O) groups excluding carboxylic acids is 1. The van der Waals surface area contributed by atoms with Crippen molar-refractivity contribution in [1.29, 1.82) is 0 Å². The van der Waals surface area contributed by atoms with Crippen molar-refractivity contribution in [3.8, 4) is 17.2 Å². The van der Waals surface area contributed by atoms with E-state index in [2.05, 4.69) is 4.98 Å². The summed E-state index contributed by atoms with van der Waals surface area (Å²) in [6.45, 7) is 1.44. The molecule has 0 fully saturated rings. The summed E-state index contributed by atoms with van der Waals surface area (Å²) in [7, 11) is 0. The number of allylic oxidation sites excluding steroid dienone is 1. The van der Waals surface area contributed by atoms with Crippen LogP contribution < -0.4 is 14.2 Å². The maximum absolute atomic E-state index is 12.4. The number of pyridine rings is 1. The molecule has 2 aromatic carbocycles. The van der Waals surface area contributed by atoms with Crippen LogP contribution in [0.4, 0.5) is 0 Å². The highest BCUT2D eigenvalue weighted by molar-refractivity contribution is 6.07. The largest absolute Gasteiger partial charge is 0.487 e. The summed E-state index contributed by atoms with van der Waals surface area (Å²) in [4.78, 5) is 16.6. The Kier molecular flexibility index (Phi) is 5.33. The van der Waals surface area contributed by atoms with Gasteiger partial charge < -0.3 is 14.2 Å². The first kappa shape index (κ1) is 17.8. The highest BCUT2D eigenvalue weighted by atomic mass is 16.6. The second-order valence-electron chi connectivity index (χ2n) is 6.23. The zero-order chi connectivity index (χ0) is 19.2. The molecule has 2 heterocycles. The van der Waals surface area contributed by atoms with Gasteiger partial charge in [0.1, 0.15) is 25.6 Å². The number of rotatable bonds is 6. The van der Waals surface area contributed by atoms with Gasteiger partial charge in [0.2, 0.25) is 0 Å². The molecule has 1 aliphatic rings. The van der Waals surface area contributed by atoms with Gasteiger partial charge in [-0.2, -0.15) is 0 Å². The van der Waals surface area contributed by atoms with Crippen LogP contribution >= 0.6 is 0 Å². The fourth-order valence-electron chi connectivity index (χ4n) is 2.78. The van der Waals surface area contributed by atoms with Gasteiger partial charge in [0, 0.05) is 11.8 Å². The molecule has 140 valence electrons. The molecular weight excluding hydrogens is 354 g/mol. The van der Waals surface area contributed by atoms with Gasteiger partial charge in [0.25, 0.3) is 0 Å². The molecule has 0 amide bonds. The predicted octanol–water partition coefficient (Wildman–Crippen LogP) is 4.33. The maximum atomic E-state index is 12.4. The van der Waals surface area contributed by atoms with Crippen LogP contribution in [0.2, 0.25) is 0 Å². The second kappa shape index (κ2) is 8.39. The van der Waals surface area contributed by atoms with Gasteiger partial charge in [-0.15, -0.1) is 0 Å². The topological polar surface area (TPSA) is 57.7 Å². The average Bonchev–Trinajstić information content (AvgIpc) is 2.77. The van der Waals surface area contributed by atoms with E-state index in [4.69, 9.17) is 14.2 Å². The minimum absolute atomic E-state index is 0.0903. The van der Waals surface area contributed by atoms with Crippen molar-refractivity contribution in [2.75, 3.05) is 13.2 Å². The number of carbonyl (C=O) groups is 1. The molecular formula is C23H19NO4. The number of hydrogen-bond acceptors (Lipinski definition) is 5. The standard InChI is InChI=1S/C23H19NO4/c25-21(18-7-11-22-23(15-18)27-14-13-26-22)10-6-17-4-8-20(9-5-17)28-16-19-3-1-2-12-24-19/h1-12,15H,13-14,16H2. The van der Waals surface area contributed by atoms with E-state index >= 15 is 0 Å². The zero-order valence-corrected chi connectivity index (χ0v) is 15.2. The monoisotopic (exact) mass is 373 g/mol. The number of ether oxygens (including phenoxy) is 3. The lowest BCUT2D eigenvalue weighted by Crippen LogP contribution is -2.15. The molecule has 5 nitrogen and oxygen atoms in total. The molecule has 1 aliphatic heterocycles. The summed E-state index contributed by atoms with van der Waals surface area (Å²) >= 11 is 0. The molecule has 3 aromatic rings. The van der Waals surface area contributed by atoms with Crippen LogP contribution in [0.15, 0.2) is 72.9 Å². The Bertz CT molecular complexity index is 981. The first-order valence-electron chi connectivity index (χ1n) is 9.03. The summed E-state index contributed by atoms with van der Waals surface area (Å²) in [5.74, 6) is 1.95. The van der Waals surface area contributed by atoms with Crippen LogP contribution in [0.1, 0.15) is 21.6 Å². The van der Waals surface area contributed by atoms with Gasteiger partial charge in [0.15, 0.2) is 17.3 Å². The lowest BCUT2D eigenvalue weighted by atomic mass is 10.1. The van der Waals surface area contributed by atoms with Gasteiger partial charge in [-0.05, 0) is 54.1 Å². The third-order valence-electron chi connectivity index (χ3n) is 4.25. The minimum Gasteiger partial charge on any atom is -0.487 e. The Hall–Kier alpha value is -3.60. The number of hydrogen-bond donors (Lipinski definition) is 0. The van der Waals surface area contributed by atoms with Gasteiger partial charge in [0.05, 0.1) is 5.69 Å². The van der Waals surface area contributed by atoms with Crippen molar-refractivity contribution < 1.29 is 19.0 Å². The summed E-state index contributed by atoms with van der Waals surface area (Å²) in [5, 5.41) is 0. The van der Waals surface area contributed by atoms with Crippen LogP contribution in [0.3, 0.4) is 0 Å². The number of ketones is 1. The van der Waals surface area contributed by atoms with Gasteiger partial charge in [-0.1, -0.05) is 24.3 Å². The van der Waals surface area contributed by atoms with E-state index in [-0.39, 0.29) is 5.78 Å². The Labute approximate surface area is 163 Å². The van der Waals surface area contributed by atoms with Gasteiger partial charge in [-0.25, -0.2) is 0 Å². The summed E-state index contributed by atoms with van der Waals surface area (Å²) in [5.41, 5.74) is 2.35. The molecule has 28 heavy (non-hydrogen) atoms. The Morgan fingerprint density at radius 1 is 1.00 bits per heavy atom. The molecule has 0 N–H and O–H groups in total. The molecule has 0 spiro atoms. The van der Waals surface area contributed by atoms with E-state index < -0.39 is 0 Å². The number of fused-ring (bicyclic) bond motifs is 1. The first-order valence-corrected chi connectivity index (χ1v) is 9.03. The number of aromatic nitrogens is 1. The summed E-state index contributed by atoms with van der Waals surface area (Å²) in [6, 6.07) is 18.5. The molecule has 0 aliphatic carbocycles. The molecule has 0 atom stereocenters. The first-order chi connectivity index (χ1) is 13.8. The fourth-order valence-corrected chi connectivity index (χ4v) is 2.78. The molecule has 0 saturated heterocycles. The third-order valence-corrected chi connectivity index (χ3v) is 4.25. The van der Waals surface area contributed by atoms with Crippen LogP contribution in [-0.4, -0.2) is 24.0 Å². The van der Waals surface area contributed by atoms with E-state index in [9.17, 15) is 4.79 Å². The second-order valence-corrected chi connectivity index (χ2v) is 6.23. The lowest BCUT2D eigenvalue weighted by Gasteiger charge is -2.18. The van der Waals surface area contributed by atoms with E-state index in [0.29, 0.717) is 36.9 Å². The fraction of sp³-hybridized carbons (Fsp3) is 0.130. The zero-order valence-electron chi connectivity index (χ0n) is 15.2. The van der Waals surface area contributed by atoms with Crippen LogP contribution in [0, 0.1) is 0 Å². The predicted molar refractivity (Wildman–Crippen MR) is 106 cm³/mol. The van der Waals surface area contributed by atoms with Crippen molar-refractivity contribution in [1.82, 2.24) is 4.98 Å². The van der Waals surface area contributed by atoms with Crippen molar-refractivity contribution in [3.05, 3.63) is 89.8 Å². The SMILES string of the molecule is O=C(C=Cc1ccc(OCc2ccccn2)cc1)c1ccc2c(c1)OCCO2. The molecule has 0 saturated carbocycles. The molecule has 0 bridgehead atoms. The number of benzene rings is 2. The van der Waals surface area contributed by atoms with Crippen molar-refractivity contribution in [2.24, 2.45) is 0 Å². The maximum Gasteiger partial charge on any atom is 0.185 e. The van der Waals surface area contributed by atoms with Crippen LogP contribution in [0.5, 0.6) is 17.2 Å². The highest BCUT2D eigenvalue weighted by Crippen LogP contribution is 2.31. The van der Waals surface area contributed by atoms with Crippen molar-refractivity contribution >= 4 is 11.9 Å². The molecule has 4 rings (SSSR count). The van der Waals surface area contributed by atoms with Crippen molar-refractivity contribution in [2.45, 2.75) is 6.61 Å². The highest BCUT2D eigenvalue weighted by Gasteiger charge is 2.13. The molecule has 1 aromatic heterocycles. The van der Waals surface area contributed by atoms with E-state index in [1.54, 1.807) is 36.5 Å². The Morgan fingerprint density at radius 2 is 1.82 bits per heavy atom. The van der Waals surface area contributed by atoms with Crippen LogP contribution in [0.25, 0.3) is 6.08 Å². The molecule has 0 unspecified atom stereocenters. The van der Waals surface area contributed by atoms with E-state index in [1.807, 2.05) is 42.5 Å². The lowest BCUT2D eigenvalue weighted by molar-refractivity contribution is 0.104. The Morgan fingerprint density at radius 3 is 2.61 bits per heavy atom. The van der Waals surface area contributed by atoms with Gasteiger partial charge in [-0.3, -0.25) is 9.78 Å². The number of nitrogens with zero attached hydrogens (tertiary/aromatic N) is 1. The third kappa shape index (κ3) is 4.38. The van der Waals surface area contributed by atoms with E-state index in [0.717, 1.165) is 17.0 Å².